The second-order valence-corrected chi connectivity index (χ2v) is 4.31. The molecule has 0 saturated carbocycles. The summed E-state index contributed by atoms with van der Waals surface area (Å²) in [6.45, 7) is 2.50. The third kappa shape index (κ3) is 3.44. The van der Waals surface area contributed by atoms with E-state index in [4.69, 9.17) is 4.74 Å². The normalized spacial score (nSPS) is 10.4. The van der Waals surface area contributed by atoms with Gasteiger partial charge in [-0.2, -0.15) is 0 Å². The highest BCUT2D eigenvalue weighted by atomic mass is 19.2. The van der Waals surface area contributed by atoms with Gasteiger partial charge in [-0.05, 0) is 36.8 Å². The van der Waals surface area contributed by atoms with Crippen LogP contribution >= 0.6 is 0 Å². The number of ether oxygens (including phenoxy) is 1. The molecule has 2 aromatic rings. The first-order valence-electron chi connectivity index (χ1n) is 6.15. The molecule has 2 nitrogen and oxygen atoms in total. The molecule has 0 aliphatic rings. The summed E-state index contributed by atoms with van der Waals surface area (Å²) in [5, 5.41) is 2.66. The van der Waals surface area contributed by atoms with Crippen molar-refractivity contribution < 1.29 is 17.9 Å². The monoisotopic (exact) mass is 281 g/mol. The Morgan fingerprint density at radius 1 is 1.05 bits per heavy atom. The van der Waals surface area contributed by atoms with Gasteiger partial charge in [0.15, 0.2) is 17.5 Å². The molecule has 0 atom stereocenters. The second kappa shape index (κ2) is 6.32. The van der Waals surface area contributed by atoms with Gasteiger partial charge in [0.2, 0.25) is 0 Å². The highest BCUT2D eigenvalue weighted by molar-refractivity contribution is 5.45. The van der Waals surface area contributed by atoms with Crippen molar-refractivity contribution in [3.05, 3.63) is 59.4 Å². The van der Waals surface area contributed by atoms with Crippen LogP contribution in [0.25, 0.3) is 0 Å². The molecule has 5 heteroatoms. The van der Waals surface area contributed by atoms with Crippen LogP contribution in [0.1, 0.15) is 5.56 Å². The van der Waals surface area contributed by atoms with Crippen molar-refractivity contribution >= 4 is 5.69 Å². The molecule has 106 valence electrons. The Morgan fingerprint density at radius 3 is 2.60 bits per heavy atom. The fourth-order valence-electron chi connectivity index (χ4n) is 1.72. The van der Waals surface area contributed by atoms with Gasteiger partial charge in [0, 0.05) is 6.54 Å². The van der Waals surface area contributed by atoms with Crippen LogP contribution in [0.4, 0.5) is 18.9 Å². The maximum Gasteiger partial charge on any atom is 0.196 e. The summed E-state index contributed by atoms with van der Waals surface area (Å²) in [6, 6.07) is 9.53. The van der Waals surface area contributed by atoms with E-state index in [9.17, 15) is 13.2 Å². The van der Waals surface area contributed by atoms with E-state index in [0.717, 1.165) is 17.7 Å². The van der Waals surface area contributed by atoms with Crippen molar-refractivity contribution in [3.63, 3.8) is 0 Å². The molecular formula is C15H14F3NO. The topological polar surface area (TPSA) is 21.3 Å². The Morgan fingerprint density at radius 2 is 1.85 bits per heavy atom. The van der Waals surface area contributed by atoms with Crippen LogP contribution in [0.15, 0.2) is 36.4 Å². The van der Waals surface area contributed by atoms with E-state index in [2.05, 4.69) is 5.32 Å². The van der Waals surface area contributed by atoms with Gasteiger partial charge < -0.3 is 10.1 Å². The Balaban J connectivity index is 1.86. The average Bonchev–Trinajstić information content (AvgIpc) is 2.43. The van der Waals surface area contributed by atoms with Crippen molar-refractivity contribution in [1.82, 2.24) is 0 Å². The molecule has 0 heterocycles. The van der Waals surface area contributed by atoms with E-state index in [0.29, 0.717) is 5.75 Å². The van der Waals surface area contributed by atoms with E-state index < -0.39 is 17.5 Å². The Kier molecular flexibility index (Phi) is 4.50. The lowest BCUT2D eigenvalue weighted by Crippen LogP contribution is -2.13. The molecule has 0 spiro atoms. The summed E-state index contributed by atoms with van der Waals surface area (Å²) >= 11 is 0. The number of hydrogen-bond donors (Lipinski definition) is 1. The smallest absolute Gasteiger partial charge is 0.196 e. The molecule has 0 unspecified atom stereocenters. The molecule has 20 heavy (non-hydrogen) atoms. The van der Waals surface area contributed by atoms with Crippen LogP contribution < -0.4 is 10.1 Å². The molecule has 0 saturated heterocycles. The number of aryl methyl sites for hydroxylation is 1. The number of halogens is 3. The lowest BCUT2D eigenvalue weighted by atomic mass is 10.2. The van der Waals surface area contributed by atoms with Crippen LogP contribution in [-0.4, -0.2) is 13.2 Å². The summed E-state index contributed by atoms with van der Waals surface area (Å²) in [4.78, 5) is 0. The number of rotatable bonds is 5. The maximum atomic E-state index is 13.3. The number of benzene rings is 2. The molecule has 0 aliphatic carbocycles. The van der Waals surface area contributed by atoms with Crippen molar-refractivity contribution in [3.8, 4) is 5.75 Å². The lowest BCUT2D eigenvalue weighted by molar-refractivity contribution is 0.332. The summed E-state index contributed by atoms with van der Waals surface area (Å²) in [5.41, 5.74) is 0.985. The van der Waals surface area contributed by atoms with E-state index in [1.807, 2.05) is 31.2 Å². The van der Waals surface area contributed by atoms with Crippen molar-refractivity contribution in [2.45, 2.75) is 6.92 Å². The first-order valence-corrected chi connectivity index (χ1v) is 6.15. The van der Waals surface area contributed by atoms with Crippen LogP contribution in [0.2, 0.25) is 0 Å². The molecular weight excluding hydrogens is 267 g/mol. The molecule has 0 amide bonds. The molecule has 0 aromatic heterocycles. The van der Waals surface area contributed by atoms with E-state index >= 15 is 0 Å². The zero-order valence-corrected chi connectivity index (χ0v) is 10.9. The van der Waals surface area contributed by atoms with Gasteiger partial charge in [-0.25, -0.2) is 13.2 Å². The van der Waals surface area contributed by atoms with E-state index in [1.165, 1.54) is 0 Å². The van der Waals surface area contributed by atoms with Gasteiger partial charge in [-0.15, -0.1) is 0 Å². The van der Waals surface area contributed by atoms with E-state index in [-0.39, 0.29) is 18.8 Å². The fourth-order valence-corrected chi connectivity index (χ4v) is 1.72. The zero-order chi connectivity index (χ0) is 14.5. The third-order valence-corrected chi connectivity index (χ3v) is 2.71. The Bertz CT molecular complexity index is 602. The summed E-state index contributed by atoms with van der Waals surface area (Å²) in [5.74, 6) is -3.20. The molecule has 0 radical (unpaired) electrons. The van der Waals surface area contributed by atoms with Gasteiger partial charge >= 0.3 is 0 Å². The molecule has 2 aromatic carbocycles. The number of hydrogen-bond acceptors (Lipinski definition) is 2. The van der Waals surface area contributed by atoms with Gasteiger partial charge in [0.05, 0.1) is 5.69 Å². The number of anilines is 1. The highest BCUT2D eigenvalue weighted by Crippen LogP contribution is 2.19. The van der Waals surface area contributed by atoms with Gasteiger partial charge in [-0.1, -0.05) is 12.1 Å². The largest absolute Gasteiger partial charge is 0.492 e. The quantitative estimate of drug-likeness (QED) is 0.663. The van der Waals surface area contributed by atoms with Crippen LogP contribution in [0.5, 0.6) is 5.75 Å². The summed E-state index contributed by atoms with van der Waals surface area (Å²) < 4.78 is 44.5. The van der Waals surface area contributed by atoms with Crippen LogP contribution in [0.3, 0.4) is 0 Å². The standard InChI is InChI=1S/C15H14F3NO/c1-10-3-2-4-11(9-10)20-8-7-19-13-6-5-12(16)14(17)15(13)18/h2-6,9,19H,7-8H2,1H3. The predicted octanol–water partition coefficient (Wildman–Crippen LogP) is 3.90. The summed E-state index contributed by atoms with van der Waals surface area (Å²) in [6.07, 6.45) is 0. The fraction of sp³-hybridized carbons (Fsp3) is 0.200. The molecule has 0 aliphatic heterocycles. The van der Waals surface area contributed by atoms with Crippen LogP contribution in [0, 0.1) is 24.4 Å². The first-order chi connectivity index (χ1) is 9.58. The minimum atomic E-state index is -1.48. The molecule has 2 rings (SSSR count). The molecule has 1 N–H and O–H groups in total. The number of nitrogens with one attached hydrogen (secondary N) is 1. The molecule has 0 bridgehead atoms. The SMILES string of the molecule is Cc1cccc(OCCNc2ccc(F)c(F)c2F)c1. The lowest BCUT2D eigenvalue weighted by Gasteiger charge is -2.10. The Labute approximate surface area is 115 Å². The summed E-state index contributed by atoms with van der Waals surface area (Å²) in [7, 11) is 0. The second-order valence-electron chi connectivity index (χ2n) is 4.31. The first kappa shape index (κ1) is 14.2. The zero-order valence-electron chi connectivity index (χ0n) is 10.9. The minimum Gasteiger partial charge on any atom is -0.492 e. The van der Waals surface area contributed by atoms with Crippen molar-refractivity contribution in [2.24, 2.45) is 0 Å². The maximum absolute atomic E-state index is 13.3. The third-order valence-electron chi connectivity index (χ3n) is 2.71. The van der Waals surface area contributed by atoms with Gasteiger partial charge in [-0.3, -0.25) is 0 Å². The van der Waals surface area contributed by atoms with Gasteiger partial charge in [0.25, 0.3) is 0 Å². The van der Waals surface area contributed by atoms with Crippen molar-refractivity contribution in [1.29, 1.82) is 0 Å². The highest BCUT2D eigenvalue weighted by Gasteiger charge is 2.12. The van der Waals surface area contributed by atoms with E-state index in [1.54, 1.807) is 0 Å². The predicted molar refractivity (Wildman–Crippen MR) is 71.5 cm³/mol. The van der Waals surface area contributed by atoms with Gasteiger partial charge in [0.1, 0.15) is 12.4 Å². The average molecular weight is 281 g/mol. The Hall–Kier alpha value is -2.17. The minimum absolute atomic E-state index is 0.0863. The van der Waals surface area contributed by atoms with Crippen LogP contribution in [-0.2, 0) is 0 Å². The molecule has 0 fully saturated rings. The van der Waals surface area contributed by atoms with Crippen molar-refractivity contribution in [2.75, 3.05) is 18.5 Å².